The third kappa shape index (κ3) is 25.6. The highest BCUT2D eigenvalue weighted by atomic mass is 16.4. The van der Waals surface area contributed by atoms with Crippen molar-refractivity contribution in [3.63, 3.8) is 0 Å². The van der Waals surface area contributed by atoms with E-state index in [9.17, 15) is 4.79 Å². The lowest BCUT2D eigenvalue weighted by Gasteiger charge is -2.06. The number of aliphatic carboxylic acids is 1. The normalized spacial score (nSPS) is 12.3. The first kappa shape index (κ1) is 30.5. The summed E-state index contributed by atoms with van der Waals surface area (Å²) in [5.41, 5.74) is 0. The van der Waals surface area contributed by atoms with Crippen molar-refractivity contribution in [1.82, 2.24) is 0 Å². The van der Waals surface area contributed by atoms with Crippen molar-refractivity contribution in [2.24, 2.45) is 5.92 Å². The molecule has 0 saturated heterocycles. The van der Waals surface area contributed by atoms with Crippen LogP contribution in [0.2, 0.25) is 0 Å². The molecule has 0 saturated carbocycles. The Morgan fingerprint density at radius 1 is 0.484 bits per heavy atom. The second-order valence-corrected chi connectivity index (χ2v) is 10.2. The standard InChI is InChI=1S/C29H58O2/c1-3-4-5-6-7-8-9-10-11-12-13-14-15-16-17-18-19-20-21-22-23-24-25-26-27-28(2)29(30)31/h28H,3-27H2,1-2H3,(H,30,31). The number of unbranched alkanes of at least 4 members (excludes halogenated alkanes) is 23. The van der Waals surface area contributed by atoms with Crippen LogP contribution in [-0.2, 0) is 4.79 Å². The zero-order valence-electron chi connectivity index (χ0n) is 21.6. The Labute approximate surface area is 196 Å². The summed E-state index contributed by atoms with van der Waals surface area (Å²) in [5.74, 6) is -0.811. The molecule has 2 heteroatoms. The van der Waals surface area contributed by atoms with Crippen molar-refractivity contribution in [2.75, 3.05) is 0 Å². The van der Waals surface area contributed by atoms with Gasteiger partial charge >= 0.3 is 5.97 Å². The van der Waals surface area contributed by atoms with Crippen LogP contribution in [0.4, 0.5) is 0 Å². The lowest BCUT2D eigenvalue weighted by molar-refractivity contribution is -0.141. The summed E-state index contributed by atoms with van der Waals surface area (Å²) >= 11 is 0. The monoisotopic (exact) mass is 438 g/mol. The average molecular weight is 439 g/mol. The fourth-order valence-electron chi connectivity index (χ4n) is 4.54. The predicted molar refractivity (Wildman–Crippen MR) is 138 cm³/mol. The van der Waals surface area contributed by atoms with Crippen LogP contribution in [0.5, 0.6) is 0 Å². The van der Waals surface area contributed by atoms with E-state index >= 15 is 0 Å². The van der Waals surface area contributed by atoms with Crippen molar-refractivity contribution >= 4 is 5.97 Å². The number of carboxylic acid groups (broad SMARTS) is 1. The lowest BCUT2D eigenvalue weighted by Crippen LogP contribution is -2.08. The van der Waals surface area contributed by atoms with Gasteiger partial charge in [-0.2, -0.15) is 0 Å². The summed E-state index contributed by atoms with van der Waals surface area (Å²) in [6.07, 6.45) is 34.6. The van der Waals surface area contributed by atoms with E-state index < -0.39 is 5.97 Å². The van der Waals surface area contributed by atoms with Gasteiger partial charge < -0.3 is 5.11 Å². The smallest absolute Gasteiger partial charge is 0.306 e. The molecule has 0 amide bonds. The molecule has 2 nitrogen and oxygen atoms in total. The number of hydrogen-bond donors (Lipinski definition) is 1. The maximum absolute atomic E-state index is 10.8. The average Bonchev–Trinajstić information content (AvgIpc) is 2.76. The SMILES string of the molecule is CCCCCCCCCCCCCCCCCCCCCCCCCCC(C)C(=O)O. The fourth-order valence-corrected chi connectivity index (χ4v) is 4.54. The van der Waals surface area contributed by atoms with Gasteiger partial charge in [-0.3, -0.25) is 4.79 Å². The molecule has 0 fully saturated rings. The van der Waals surface area contributed by atoms with Crippen molar-refractivity contribution in [1.29, 1.82) is 0 Å². The third-order valence-corrected chi connectivity index (χ3v) is 6.91. The summed E-state index contributed by atoms with van der Waals surface area (Å²) in [6.45, 7) is 4.11. The van der Waals surface area contributed by atoms with Gasteiger partial charge in [-0.1, -0.05) is 168 Å². The van der Waals surface area contributed by atoms with E-state index in [-0.39, 0.29) is 5.92 Å². The van der Waals surface area contributed by atoms with Crippen molar-refractivity contribution in [3.8, 4) is 0 Å². The molecule has 1 unspecified atom stereocenters. The molecule has 0 aromatic rings. The Morgan fingerprint density at radius 2 is 0.710 bits per heavy atom. The Hall–Kier alpha value is -0.530. The molecular formula is C29H58O2. The maximum atomic E-state index is 10.8. The van der Waals surface area contributed by atoms with Crippen LogP contribution in [-0.4, -0.2) is 11.1 Å². The quantitative estimate of drug-likeness (QED) is 0.136. The lowest BCUT2D eigenvalue weighted by atomic mass is 10.0. The molecule has 0 heterocycles. The van der Waals surface area contributed by atoms with Crippen LogP contribution in [0.3, 0.4) is 0 Å². The highest BCUT2D eigenvalue weighted by molar-refractivity contribution is 5.69. The van der Waals surface area contributed by atoms with Gasteiger partial charge in [-0.05, 0) is 6.42 Å². The molecule has 0 aliphatic heterocycles. The molecule has 1 atom stereocenters. The Balaban J connectivity index is 3.04. The first-order chi connectivity index (χ1) is 15.2. The number of carboxylic acids is 1. The van der Waals surface area contributed by atoms with Crippen LogP contribution in [0.15, 0.2) is 0 Å². The van der Waals surface area contributed by atoms with Crippen LogP contribution >= 0.6 is 0 Å². The van der Waals surface area contributed by atoms with E-state index in [2.05, 4.69) is 6.92 Å². The Bertz CT molecular complexity index is 353. The van der Waals surface area contributed by atoms with Crippen LogP contribution in [0.1, 0.15) is 174 Å². The van der Waals surface area contributed by atoms with Crippen molar-refractivity contribution < 1.29 is 9.90 Å². The van der Waals surface area contributed by atoms with E-state index in [1.165, 1.54) is 148 Å². The summed E-state index contributed by atoms with van der Waals surface area (Å²) in [7, 11) is 0. The molecule has 0 aromatic heterocycles. The molecule has 0 aliphatic carbocycles. The van der Waals surface area contributed by atoms with Crippen LogP contribution < -0.4 is 0 Å². The second-order valence-electron chi connectivity index (χ2n) is 10.2. The van der Waals surface area contributed by atoms with E-state index in [0.29, 0.717) is 0 Å². The van der Waals surface area contributed by atoms with Crippen molar-refractivity contribution in [3.05, 3.63) is 0 Å². The zero-order chi connectivity index (χ0) is 22.8. The minimum Gasteiger partial charge on any atom is -0.481 e. The molecule has 1 N–H and O–H groups in total. The highest BCUT2D eigenvalue weighted by Gasteiger charge is 2.09. The number of carbonyl (C=O) groups is 1. The minimum absolute atomic E-state index is 0.167. The third-order valence-electron chi connectivity index (χ3n) is 6.91. The topological polar surface area (TPSA) is 37.3 Å². The van der Waals surface area contributed by atoms with Gasteiger partial charge in [0.05, 0.1) is 5.92 Å². The molecular weight excluding hydrogens is 380 g/mol. The van der Waals surface area contributed by atoms with Gasteiger partial charge in [0.15, 0.2) is 0 Å². The molecule has 0 rings (SSSR count). The molecule has 0 aliphatic rings. The van der Waals surface area contributed by atoms with Gasteiger partial charge in [0, 0.05) is 0 Å². The summed E-state index contributed by atoms with van der Waals surface area (Å²) in [5, 5.41) is 8.86. The van der Waals surface area contributed by atoms with Gasteiger partial charge in [-0.25, -0.2) is 0 Å². The largest absolute Gasteiger partial charge is 0.481 e. The van der Waals surface area contributed by atoms with Gasteiger partial charge in [0.2, 0.25) is 0 Å². The second kappa shape index (κ2) is 25.7. The summed E-state index contributed by atoms with van der Waals surface area (Å²) in [4.78, 5) is 10.8. The van der Waals surface area contributed by atoms with E-state index in [4.69, 9.17) is 5.11 Å². The summed E-state index contributed by atoms with van der Waals surface area (Å²) < 4.78 is 0. The first-order valence-electron chi connectivity index (χ1n) is 14.4. The van der Waals surface area contributed by atoms with Crippen LogP contribution in [0.25, 0.3) is 0 Å². The first-order valence-corrected chi connectivity index (χ1v) is 14.4. The predicted octanol–water partition coefficient (Wildman–Crippen LogP) is 10.5. The fraction of sp³-hybridized carbons (Fsp3) is 0.966. The van der Waals surface area contributed by atoms with E-state index in [1.54, 1.807) is 0 Å². The maximum Gasteiger partial charge on any atom is 0.306 e. The number of rotatable bonds is 26. The van der Waals surface area contributed by atoms with Gasteiger partial charge in [0.25, 0.3) is 0 Å². The van der Waals surface area contributed by atoms with E-state index in [1.807, 2.05) is 6.92 Å². The van der Waals surface area contributed by atoms with Gasteiger partial charge in [0.1, 0.15) is 0 Å². The number of hydrogen-bond acceptors (Lipinski definition) is 1. The molecule has 0 radical (unpaired) electrons. The van der Waals surface area contributed by atoms with Crippen molar-refractivity contribution in [2.45, 2.75) is 174 Å². The van der Waals surface area contributed by atoms with Gasteiger partial charge in [-0.15, -0.1) is 0 Å². The minimum atomic E-state index is -0.644. The Morgan fingerprint density at radius 3 is 0.935 bits per heavy atom. The molecule has 0 bridgehead atoms. The Kier molecular flexibility index (Phi) is 25.3. The molecule has 0 aromatic carbocycles. The molecule has 31 heavy (non-hydrogen) atoms. The van der Waals surface area contributed by atoms with E-state index in [0.717, 1.165) is 12.8 Å². The molecule has 186 valence electrons. The molecule has 0 spiro atoms. The zero-order valence-corrected chi connectivity index (χ0v) is 21.6. The highest BCUT2D eigenvalue weighted by Crippen LogP contribution is 2.16. The summed E-state index contributed by atoms with van der Waals surface area (Å²) in [6, 6.07) is 0. The van der Waals surface area contributed by atoms with Crippen LogP contribution in [0, 0.1) is 5.92 Å².